The highest BCUT2D eigenvalue weighted by atomic mass is 16.5. The van der Waals surface area contributed by atoms with Gasteiger partial charge in [0.2, 0.25) is 0 Å². The fourth-order valence-corrected chi connectivity index (χ4v) is 2.41. The summed E-state index contributed by atoms with van der Waals surface area (Å²) in [5.41, 5.74) is -0.811. The van der Waals surface area contributed by atoms with Crippen molar-refractivity contribution in [2.45, 2.75) is 90.5 Å². The summed E-state index contributed by atoms with van der Waals surface area (Å²) in [6, 6.07) is 0.454. The van der Waals surface area contributed by atoms with Gasteiger partial charge in [-0.3, -0.25) is 10.1 Å². The molecule has 0 aliphatic heterocycles. The highest BCUT2D eigenvalue weighted by molar-refractivity contribution is 5.80. The lowest BCUT2D eigenvalue weighted by atomic mass is 9.93. The van der Waals surface area contributed by atoms with E-state index in [-0.39, 0.29) is 17.7 Å². The van der Waals surface area contributed by atoms with Crippen LogP contribution in [0.15, 0.2) is 0 Å². The molecule has 1 rings (SSSR count). The van der Waals surface area contributed by atoms with Crippen LogP contribution < -0.4 is 5.32 Å². The molecule has 0 aromatic rings. The summed E-state index contributed by atoms with van der Waals surface area (Å²) >= 11 is 0. The van der Waals surface area contributed by atoms with Crippen LogP contribution in [0.4, 0.5) is 0 Å². The van der Waals surface area contributed by atoms with Crippen LogP contribution in [0.5, 0.6) is 0 Å². The molecule has 0 heterocycles. The minimum absolute atomic E-state index is 0.00519. The molecule has 2 atom stereocenters. The van der Waals surface area contributed by atoms with Crippen LogP contribution in [0, 0.1) is 0 Å². The Morgan fingerprint density at radius 2 is 1.90 bits per heavy atom. The number of hydrogen-bond acceptors (Lipinski definition) is 4. The summed E-state index contributed by atoms with van der Waals surface area (Å²) in [6.07, 6.45) is 3.87. The zero-order chi connectivity index (χ0) is 15.4. The van der Waals surface area contributed by atoms with E-state index in [1.54, 1.807) is 0 Å². The summed E-state index contributed by atoms with van der Waals surface area (Å²) in [7, 11) is 0. The van der Waals surface area contributed by atoms with Gasteiger partial charge in [-0.05, 0) is 53.9 Å². The SMILES string of the molecule is CCOC(=O)C(C)(CC(C)OC(C)(C)CC)NC1CC1. The summed E-state index contributed by atoms with van der Waals surface area (Å²) in [5, 5.41) is 3.43. The largest absolute Gasteiger partial charge is 0.465 e. The van der Waals surface area contributed by atoms with Gasteiger partial charge in [0, 0.05) is 12.5 Å². The topological polar surface area (TPSA) is 47.6 Å². The van der Waals surface area contributed by atoms with E-state index in [4.69, 9.17) is 9.47 Å². The Hall–Kier alpha value is -0.610. The second-order valence-electron chi connectivity index (χ2n) is 6.72. The van der Waals surface area contributed by atoms with Gasteiger partial charge >= 0.3 is 5.97 Å². The van der Waals surface area contributed by atoms with Crippen LogP contribution in [-0.4, -0.2) is 35.9 Å². The van der Waals surface area contributed by atoms with Crippen molar-refractivity contribution in [3.63, 3.8) is 0 Å². The third-order valence-electron chi connectivity index (χ3n) is 3.89. The lowest BCUT2D eigenvalue weighted by Crippen LogP contribution is -2.53. The van der Waals surface area contributed by atoms with Crippen molar-refractivity contribution in [2.75, 3.05) is 6.61 Å². The third kappa shape index (κ3) is 5.41. The Labute approximate surface area is 123 Å². The first-order valence-corrected chi connectivity index (χ1v) is 7.85. The number of nitrogens with one attached hydrogen (secondary N) is 1. The number of carbonyl (C=O) groups excluding carboxylic acids is 1. The van der Waals surface area contributed by atoms with E-state index in [0.717, 1.165) is 19.3 Å². The van der Waals surface area contributed by atoms with E-state index in [2.05, 4.69) is 26.1 Å². The maximum atomic E-state index is 12.3. The average Bonchev–Trinajstić information content (AvgIpc) is 3.12. The van der Waals surface area contributed by atoms with E-state index in [1.165, 1.54) is 0 Å². The molecule has 118 valence electrons. The van der Waals surface area contributed by atoms with Gasteiger partial charge in [0.1, 0.15) is 5.54 Å². The van der Waals surface area contributed by atoms with Crippen molar-refractivity contribution in [1.82, 2.24) is 5.32 Å². The van der Waals surface area contributed by atoms with Gasteiger partial charge in [-0.1, -0.05) is 6.92 Å². The first-order chi connectivity index (χ1) is 9.22. The third-order valence-corrected chi connectivity index (χ3v) is 3.89. The summed E-state index contributed by atoms with van der Waals surface area (Å²) < 4.78 is 11.3. The summed E-state index contributed by atoms with van der Waals surface area (Å²) in [6.45, 7) is 12.5. The molecule has 1 aliphatic rings. The van der Waals surface area contributed by atoms with E-state index in [1.807, 2.05) is 20.8 Å². The van der Waals surface area contributed by atoms with Gasteiger partial charge in [0.15, 0.2) is 0 Å². The fraction of sp³-hybridized carbons (Fsp3) is 0.938. The molecule has 0 amide bonds. The van der Waals surface area contributed by atoms with Crippen molar-refractivity contribution in [3.8, 4) is 0 Å². The molecule has 0 radical (unpaired) electrons. The monoisotopic (exact) mass is 285 g/mol. The molecule has 1 saturated carbocycles. The molecule has 1 fully saturated rings. The van der Waals surface area contributed by atoms with E-state index < -0.39 is 5.54 Å². The first-order valence-electron chi connectivity index (χ1n) is 7.85. The van der Waals surface area contributed by atoms with Crippen LogP contribution in [0.3, 0.4) is 0 Å². The van der Waals surface area contributed by atoms with Crippen molar-refractivity contribution in [2.24, 2.45) is 0 Å². The number of hydrogen-bond donors (Lipinski definition) is 1. The molecule has 2 unspecified atom stereocenters. The lowest BCUT2D eigenvalue weighted by Gasteiger charge is -2.34. The molecule has 1 aliphatic carbocycles. The highest BCUT2D eigenvalue weighted by Crippen LogP contribution is 2.28. The van der Waals surface area contributed by atoms with Crippen molar-refractivity contribution in [3.05, 3.63) is 0 Å². The zero-order valence-electron chi connectivity index (χ0n) is 13.9. The summed E-state index contributed by atoms with van der Waals surface area (Å²) in [5.74, 6) is -0.170. The number of rotatable bonds is 9. The average molecular weight is 285 g/mol. The maximum absolute atomic E-state index is 12.3. The standard InChI is InChI=1S/C16H31NO3/c1-7-15(4,5)20-12(3)11-16(6,14(18)19-8-2)17-13-9-10-13/h12-13,17H,7-11H2,1-6H3. The second kappa shape index (κ2) is 6.90. The van der Waals surface area contributed by atoms with Gasteiger partial charge in [-0.25, -0.2) is 0 Å². The van der Waals surface area contributed by atoms with E-state index >= 15 is 0 Å². The Bertz CT molecular complexity index is 326. The van der Waals surface area contributed by atoms with Crippen LogP contribution in [0.2, 0.25) is 0 Å². The van der Waals surface area contributed by atoms with Gasteiger partial charge in [0.25, 0.3) is 0 Å². The number of esters is 1. The zero-order valence-corrected chi connectivity index (χ0v) is 13.9. The normalized spacial score (nSPS) is 20.3. The molecule has 0 spiro atoms. The molecule has 0 aromatic carbocycles. The first kappa shape index (κ1) is 17.4. The molecular formula is C16H31NO3. The Balaban J connectivity index is 2.65. The summed E-state index contributed by atoms with van der Waals surface area (Å²) in [4.78, 5) is 12.3. The minimum atomic E-state index is -0.652. The van der Waals surface area contributed by atoms with Gasteiger partial charge in [-0.15, -0.1) is 0 Å². The maximum Gasteiger partial charge on any atom is 0.326 e. The van der Waals surface area contributed by atoms with Crippen LogP contribution >= 0.6 is 0 Å². The fourth-order valence-electron chi connectivity index (χ4n) is 2.41. The van der Waals surface area contributed by atoms with E-state index in [9.17, 15) is 4.79 Å². The number of ether oxygens (including phenoxy) is 2. The molecular weight excluding hydrogens is 254 g/mol. The van der Waals surface area contributed by atoms with Gasteiger partial charge in [-0.2, -0.15) is 0 Å². The molecule has 4 nitrogen and oxygen atoms in total. The van der Waals surface area contributed by atoms with Crippen LogP contribution in [0.1, 0.15) is 67.2 Å². The predicted molar refractivity (Wildman–Crippen MR) is 80.7 cm³/mol. The molecule has 1 N–H and O–H groups in total. The Kier molecular flexibility index (Phi) is 6.02. The van der Waals surface area contributed by atoms with Crippen molar-refractivity contribution in [1.29, 1.82) is 0 Å². The lowest BCUT2D eigenvalue weighted by molar-refractivity contribution is -0.154. The molecule has 0 saturated heterocycles. The molecule has 0 bridgehead atoms. The number of carbonyl (C=O) groups is 1. The van der Waals surface area contributed by atoms with Crippen molar-refractivity contribution < 1.29 is 14.3 Å². The Morgan fingerprint density at radius 3 is 2.35 bits per heavy atom. The van der Waals surface area contributed by atoms with Gasteiger partial charge < -0.3 is 9.47 Å². The molecule has 4 heteroatoms. The van der Waals surface area contributed by atoms with Crippen LogP contribution in [-0.2, 0) is 14.3 Å². The minimum Gasteiger partial charge on any atom is -0.465 e. The van der Waals surface area contributed by atoms with Crippen molar-refractivity contribution >= 4 is 5.97 Å². The molecule has 20 heavy (non-hydrogen) atoms. The molecule has 0 aromatic heterocycles. The van der Waals surface area contributed by atoms with Crippen LogP contribution in [0.25, 0.3) is 0 Å². The second-order valence-corrected chi connectivity index (χ2v) is 6.72. The quantitative estimate of drug-likeness (QED) is 0.661. The highest BCUT2D eigenvalue weighted by Gasteiger charge is 2.41. The Morgan fingerprint density at radius 1 is 1.30 bits per heavy atom. The predicted octanol–water partition coefficient (Wildman–Crippen LogP) is 3.04. The van der Waals surface area contributed by atoms with E-state index in [0.29, 0.717) is 19.1 Å². The smallest absolute Gasteiger partial charge is 0.326 e. The van der Waals surface area contributed by atoms with Gasteiger partial charge in [0.05, 0.1) is 18.3 Å².